The fourth-order valence-corrected chi connectivity index (χ4v) is 4.91. The van der Waals surface area contributed by atoms with E-state index in [4.69, 9.17) is 4.74 Å². The highest BCUT2D eigenvalue weighted by atomic mass is 32.2. The summed E-state index contributed by atoms with van der Waals surface area (Å²) in [4.78, 5) is 12.8. The van der Waals surface area contributed by atoms with Crippen molar-refractivity contribution in [2.75, 3.05) is 26.3 Å². The molecule has 1 aliphatic rings. The highest BCUT2D eigenvalue weighted by Gasteiger charge is 2.26. The number of hydrogen-bond acceptors (Lipinski definition) is 4. The van der Waals surface area contributed by atoms with Gasteiger partial charge in [-0.15, -0.1) is 0 Å². The van der Waals surface area contributed by atoms with Crippen molar-refractivity contribution in [1.29, 1.82) is 0 Å². The molecule has 0 radical (unpaired) electrons. The lowest BCUT2D eigenvalue weighted by atomic mass is 10.0. The van der Waals surface area contributed by atoms with E-state index in [2.05, 4.69) is 5.32 Å². The Morgan fingerprint density at radius 1 is 0.966 bits per heavy atom. The number of nitrogens with zero attached hydrogens (tertiary/aromatic N) is 1. The summed E-state index contributed by atoms with van der Waals surface area (Å²) in [6.45, 7) is 1.76. The molecule has 0 bridgehead atoms. The molecule has 1 fully saturated rings. The summed E-state index contributed by atoms with van der Waals surface area (Å²) in [6, 6.07) is 20.1. The second-order valence-corrected chi connectivity index (χ2v) is 8.80. The lowest BCUT2D eigenvalue weighted by Crippen LogP contribution is -2.40. The molecule has 1 heterocycles. The molecule has 150 valence electrons. The van der Waals surface area contributed by atoms with Crippen LogP contribution < -0.4 is 5.32 Å². The number of carbonyl (C=O) groups is 1. The van der Waals surface area contributed by atoms with E-state index in [0.29, 0.717) is 38.4 Å². The highest BCUT2D eigenvalue weighted by Crippen LogP contribution is 2.20. The van der Waals surface area contributed by atoms with Crippen molar-refractivity contribution in [3.05, 3.63) is 77.9 Å². The second-order valence-electron chi connectivity index (χ2n) is 6.87. The van der Waals surface area contributed by atoms with Gasteiger partial charge >= 0.3 is 0 Å². The van der Waals surface area contributed by atoms with E-state index in [1.807, 2.05) is 42.5 Å². The number of fused-ring (bicyclic) bond motifs is 1. The van der Waals surface area contributed by atoms with Crippen molar-refractivity contribution < 1.29 is 17.9 Å². The van der Waals surface area contributed by atoms with Gasteiger partial charge in [-0.2, -0.15) is 4.31 Å². The van der Waals surface area contributed by atoms with Crippen LogP contribution in [0.25, 0.3) is 10.8 Å². The van der Waals surface area contributed by atoms with Crippen molar-refractivity contribution in [3.8, 4) is 0 Å². The molecule has 0 aliphatic carbocycles. The molecule has 6 nitrogen and oxygen atoms in total. The van der Waals surface area contributed by atoms with Crippen LogP contribution in [0.2, 0.25) is 0 Å². The van der Waals surface area contributed by atoms with E-state index >= 15 is 0 Å². The Bertz CT molecular complexity index is 1130. The van der Waals surface area contributed by atoms with Crippen molar-refractivity contribution >= 4 is 26.7 Å². The van der Waals surface area contributed by atoms with Crippen LogP contribution in [0.4, 0.5) is 0 Å². The molecule has 0 saturated carbocycles. The van der Waals surface area contributed by atoms with Gasteiger partial charge in [0, 0.05) is 25.2 Å². The Balaban J connectivity index is 1.51. The van der Waals surface area contributed by atoms with Crippen LogP contribution in [0.3, 0.4) is 0 Å². The quantitative estimate of drug-likeness (QED) is 0.702. The van der Waals surface area contributed by atoms with E-state index in [1.165, 1.54) is 16.4 Å². The molecule has 1 N–H and O–H groups in total. The average molecular weight is 410 g/mol. The van der Waals surface area contributed by atoms with Crippen LogP contribution in [0.15, 0.2) is 71.6 Å². The Morgan fingerprint density at radius 3 is 2.52 bits per heavy atom. The van der Waals surface area contributed by atoms with Crippen LogP contribution in [-0.2, 0) is 21.3 Å². The molecule has 0 atom stereocenters. The number of carbonyl (C=O) groups excluding carboxylic acids is 1. The molecule has 1 amide bonds. The van der Waals surface area contributed by atoms with Gasteiger partial charge in [0.05, 0.1) is 18.1 Å². The van der Waals surface area contributed by atoms with Crippen molar-refractivity contribution in [2.45, 2.75) is 11.4 Å². The van der Waals surface area contributed by atoms with E-state index in [-0.39, 0.29) is 10.8 Å². The third kappa shape index (κ3) is 4.17. The molecule has 29 heavy (non-hydrogen) atoms. The first-order chi connectivity index (χ1) is 14.1. The van der Waals surface area contributed by atoms with Crippen molar-refractivity contribution in [1.82, 2.24) is 9.62 Å². The van der Waals surface area contributed by atoms with Crippen LogP contribution in [0.1, 0.15) is 15.9 Å². The summed E-state index contributed by atoms with van der Waals surface area (Å²) in [6.07, 6.45) is 0. The van der Waals surface area contributed by atoms with Crippen LogP contribution in [0, 0.1) is 0 Å². The zero-order chi connectivity index (χ0) is 20.3. The van der Waals surface area contributed by atoms with E-state index in [0.717, 1.165) is 16.3 Å². The summed E-state index contributed by atoms with van der Waals surface area (Å²) in [7, 11) is -3.64. The van der Waals surface area contributed by atoms with Gasteiger partial charge in [0.25, 0.3) is 5.91 Å². The summed E-state index contributed by atoms with van der Waals surface area (Å²) in [5, 5.41) is 5.09. The number of rotatable bonds is 5. The van der Waals surface area contributed by atoms with Gasteiger partial charge < -0.3 is 10.1 Å². The number of morpholine rings is 1. The molecular weight excluding hydrogens is 388 g/mol. The second kappa shape index (κ2) is 8.32. The number of benzene rings is 3. The lowest BCUT2D eigenvalue weighted by Gasteiger charge is -2.26. The third-order valence-corrected chi connectivity index (χ3v) is 6.92. The van der Waals surface area contributed by atoms with Crippen LogP contribution in [0.5, 0.6) is 0 Å². The minimum Gasteiger partial charge on any atom is -0.379 e. The normalized spacial score (nSPS) is 15.3. The first kappa shape index (κ1) is 19.6. The Labute approximate surface area is 170 Å². The molecular formula is C22H22N2O4S. The van der Waals surface area contributed by atoms with Gasteiger partial charge in [-0.1, -0.05) is 48.5 Å². The molecule has 0 aromatic heterocycles. The molecule has 3 aromatic rings. The Hall–Kier alpha value is -2.74. The molecule has 3 aromatic carbocycles. The minimum atomic E-state index is -3.64. The number of nitrogens with one attached hydrogen (secondary N) is 1. The molecule has 4 rings (SSSR count). The van der Waals surface area contributed by atoms with E-state index in [1.54, 1.807) is 12.1 Å². The molecule has 1 aliphatic heterocycles. The largest absolute Gasteiger partial charge is 0.379 e. The number of hydrogen-bond donors (Lipinski definition) is 1. The maximum absolute atomic E-state index is 12.8. The van der Waals surface area contributed by atoms with Gasteiger partial charge in [0.15, 0.2) is 0 Å². The summed E-state index contributed by atoms with van der Waals surface area (Å²) < 4.78 is 32.3. The maximum Gasteiger partial charge on any atom is 0.251 e. The van der Waals surface area contributed by atoms with Crippen molar-refractivity contribution in [3.63, 3.8) is 0 Å². The molecule has 0 unspecified atom stereocenters. The van der Waals surface area contributed by atoms with Gasteiger partial charge in [0.2, 0.25) is 10.0 Å². The van der Waals surface area contributed by atoms with Crippen LogP contribution in [-0.4, -0.2) is 44.9 Å². The summed E-state index contributed by atoms with van der Waals surface area (Å²) in [5.41, 5.74) is 1.33. The monoisotopic (exact) mass is 410 g/mol. The third-order valence-electron chi connectivity index (χ3n) is 5.02. The zero-order valence-corrected chi connectivity index (χ0v) is 16.7. The van der Waals surface area contributed by atoms with E-state index in [9.17, 15) is 13.2 Å². The predicted octanol–water partition coefficient (Wildman–Crippen LogP) is 2.79. The number of ether oxygens (including phenoxy) is 1. The predicted molar refractivity (Wildman–Crippen MR) is 111 cm³/mol. The van der Waals surface area contributed by atoms with Gasteiger partial charge in [-0.25, -0.2) is 8.42 Å². The smallest absolute Gasteiger partial charge is 0.251 e. The van der Waals surface area contributed by atoms with Crippen LogP contribution >= 0.6 is 0 Å². The summed E-state index contributed by atoms with van der Waals surface area (Å²) >= 11 is 0. The number of amides is 1. The van der Waals surface area contributed by atoms with Gasteiger partial charge in [-0.05, 0) is 34.5 Å². The average Bonchev–Trinajstić information content (AvgIpc) is 2.78. The lowest BCUT2D eigenvalue weighted by molar-refractivity contribution is 0.0730. The first-order valence-electron chi connectivity index (χ1n) is 9.48. The molecule has 7 heteroatoms. The molecule has 0 spiro atoms. The topological polar surface area (TPSA) is 75.7 Å². The van der Waals surface area contributed by atoms with Gasteiger partial charge in [-0.3, -0.25) is 4.79 Å². The standard InChI is InChI=1S/C22H22N2O4S/c25-22(23-16-19-8-3-6-17-5-1-2-10-21(17)19)18-7-4-9-20(15-18)29(26,27)24-11-13-28-14-12-24/h1-10,15H,11-14,16H2,(H,23,25). The number of sulfonamides is 1. The maximum atomic E-state index is 12.8. The first-order valence-corrected chi connectivity index (χ1v) is 10.9. The Morgan fingerprint density at radius 2 is 1.69 bits per heavy atom. The minimum absolute atomic E-state index is 0.122. The summed E-state index contributed by atoms with van der Waals surface area (Å²) in [5.74, 6) is -0.308. The highest BCUT2D eigenvalue weighted by molar-refractivity contribution is 7.89. The van der Waals surface area contributed by atoms with E-state index < -0.39 is 10.0 Å². The van der Waals surface area contributed by atoms with Crippen molar-refractivity contribution in [2.24, 2.45) is 0 Å². The fourth-order valence-electron chi connectivity index (χ4n) is 3.46. The Kier molecular flexibility index (Phi) is 5.62. The zero-order valence-electron chi connectivity index (χ0n) is 15.9. The van der Waals surface area contributed by atoms with Gasteiger partial charge in [0.1, 0.15) is 0 Å². The molecule has 1 saturated heterocycles. The SMILES string of the molecule is O=C(NCc1cccc2ccccc12)c1cccc(S(=O)(=O)N2CCOCC2)c1. The fraction of sp³-hybridized carbons (Fsp3) is 0.227.